The van der Waals surface area contributed by atoms with Gasteiger partial charge in [-0.05, 0) is 45.2 Å². The van der Waals surface area contributed by atoms with Crippen LogP contribution in [-0.4, -0.2) is 23.3 Å². The van der Waals surface area contributed by atoms with Crippen LogP contribution in [0.15, 0.2) is 23.3 Å². The molecular formula is C14H19N3O2. The lowest BCUT2D eigenvalue weighted by Crippen LogP contribution is -2.22. The standard InChI is InChI=1S/C14H19N3O2/c1-3-19-14(18)11-7-5-8-12(11)16-17-13-9-4-6-10(2)15-13/h4,6,9,11H,3,5,7-8H2,1-2H3,(H,15,17)/b16-12+. The molecule has 1 aromatic heterocycles. The molecule has 2 rings (SSSR count). The van der Waals surface area contributed by atoms with E-state index in [1.165, 1.54) is 0 Å². The Morgan fingerprint density at radius 2 is 2.42 bits per heavy atom. The average molecular weight is 261 g/mol. The largest absolute Gasteiger partial charge is 0.465 e. The van der Waals surface area contributed by atoms with Gasteiger partial charge >= 0.3 is 5.97 Å². The van der Waals surface area contributed by atoms with E-state index in [-0.39, 0.29) is 11.9 Å². The summed E-state index contributed by atoms with van der Waals surface area (Å²) in [6.45, 7) is 4.16. The molecule has 0 aliphatic heterocycles. The summed E-state index contributed by atoms with van der Waals surface area (Å²) in [5, 5.41) is 4.32. The van der Waals surface area contributed by atoms with Gasteiger partial charge in [-0.3, -0.25) is 10.2 Å². The second kappa shape index (κ2) is 6.31. The van der Waals surface area contributed by atoms with Crippen LogP contribution >= 0.6 is 0 Å². The Hall–Kier alpha value is -1.91. The molecule has 0 aromatic carbocycles. The molecule has 0 bridgehead atoms. The highest BCUT2D eigenvalue weighted by Gasteiger charge is 2.30. The van der Waals surface area contributed by atoms with Crippen LogP contribution in [-0.2, 0) is 9.53 Å². The molecule has 1 unspecified atom stereocenters. The molecule has 1 aliphatic rings. The third-order valence-electron chi connectivity index (χ3n) is 3.10. The van der Waals surface area contributed by atoms with Crippen LogP contribution in [0.4, 0.5) is 5.82 Å². The van der Waals surface area contributed by atoms with Crippen molar-refractivity contribution in [2.45, 2.75) is 33.1 Å². The van der Waals surface area contributed by atoms with Gasteiger partial charge in [-0.1, -0.05) is 6.07 Å². The monoisotopic (exact) mass is 261 g/mol. The molecule has 1 heterocycles. The first kappa shape index (κ1) is 13.5. The highest BCUT2D eigenvalue weighted by molar-refractivity contribution is 6.03. The zero-order valence-electron chi connectivity index (χ0n) is 11.3. The van der Waals surface area contributed by atoms with E-state index in [1.54, 1.807) is 0 Å². The van der Waals surface area contributed by atoms with Crippen LogP contribution in [0.3, 0.4) is 0 Å². The van der Waals surface area contributed by atoms with Gasteiger partial charge in [-0.15, -0.1) is 0 Å². The van der Waals surface area contributed by atoms with Crippen molar-refractivity contribution in [1.82, 2.24) is 4.98 Å². The Morgan fingerprint density at radius 3 is 3.16 bits per heavy atom. The summed E-state index contributed by atoms with van der Waals surface area (Å²) < 4.78 is 5.06. The summed E-state index contributed by atoms with van der Waals surface area (Å²) in [7, 11) is 0. The van der Waals surface area contributed by atoms with Crippen LogP contribution in [0.1, 0.15) is 31.9 Å². The van der Waals surface area contributed by atoms with Gasteiger partial charge in [-0.25, -0.2) is 4.98 Å². The number of nitrogens with one attached hydrogen (secondary N) is 1. The minimum Gasteiger partial charge on any atom is -0.465 e. The Kier molecular flexibility index (Phi) is 4.49. The summed E-state index contributed by atoms with van der Waals surface area (Å²) in [4.78, 5) is 16.1. The Balaban J connectivity index is 2.03. The Labute approximate surface area is 113 Å². The van der Waals surface area contributed by atoms with Crippen molar-refractivity contribution in [3.8, 4) is 0 Å². The number of carbonyl (C=O) groups excluding carboxylic acids is 1. The molecule has 1 fully saturated rings. The number of anilines is 1. The minimum atomic E-state index is -0.197. The topological polar surface area (TPSA) is 63.6 Å². The van der Waals surface area contributed by atoms with E-state index < -0.39 is 0 Å². The number of ether oxygens (including phenoxy) is 1. The van der Waals surface area contributed by atoms with Crippen molar-refractivity contribution in [3.63, 3.8) is 0 Å². The van der Waals surface area contributed by atoms with E-state index in [0.717, 1.165) is 30.7 Å². The van der Waals surface area contributed by atoms with Crippen LogP contribution < -0.4 is 5.43 Å². The van der Waals surface area contributed by atoms with Crippen molar-refractivity contribution in [3.05, 3.63) is 23.9 Å². The molecule has 19 heavy (non-hydrogen) atoms. The van der Waals surface area contributed by atoms with Gasteiger partial charge in [0.2, 0.25) is 0 Å². The zero-order valence-corrected chi connectivity index (χ0v) is 11.3. The fourth-order valence-electron chi connectivity index (χ4n) is 2.19. The maximum absolute atomic E-state index is 11.8. The molecule has 5 heteroatoms. The predicted molar refractivity (Wildman–Crippen MR) is 74.0 cm³/mol. The normalized spacial score (nSPS) is 20.5. The minimum absolute atomic E-state index is 0.169. The molecule has 0 radical (unpaired) electrons. The van der Waals surface area contributed by atoms with Gasteiger partial charge in [0.1, 0.15) is 5.82 Å². The molecule has 0 spiro atoms. The van der Waals surface area contributed by atoms with Gasteiger partial charge < -0.3 is 4.74 Å². The predicted octanol–water partition coefficient (Wildman–Crippen LogP) is 2.52. The number of aromatic nitrogens is 1. The number of hydrogen-bond donors (Lipinski definition) is 1. The van der Waals surface area contributed by atoms with Gasteiger partial charge in [0.25, 0.3) is 0 Å². The lowest BCUT2D eigenvalue weighted by Gasteiger charge is -2.10. The summed E-state index contributed by atoms with van der Waals surface area (Å²) in [5.41, 5.74) is 4.72. The number of carbonyl (C=O) groups is 1. The second-order valence-electron chi connectivity index (χ2n) is 4.58. The maximum atomic E-state index is 11.8. The van der Waals surface area contributed by atoms with E-state index in [9.17, 15) is 4.79 Å². The van der Waals surface area contributed by atoms with Gasteiger partial charge in [0.05, 0.1) is 18.2 Å². The number of hydrogen-bond acceptors (Lipinski definition) is 5. The van der Waals surface area contributed by atoms with Gasteiger partial charge in [-0.2, -0.15) is 5.10 Å². The first-order chi connectivity index (χ1) is 9.20. The number of hydrazone groups is 1. The average Bonchev–Trinajstić information content (AvgIpc) is 2.85. The summed E-state index contributed by atoms with van der Waals surface area (Å²) in [6, 6.07) is 5.70. The lowest BCUT2D eigenvalue weighted by atomic mass is 10.1. The van der Waals surface area contributed by atoms with Crippen molar-refractivity contribution < 1.29 is 9.53 Å². The first-order valence-corrected chi connectivity index (χ1v) is 6.63. The molecule has 1 N–H and O–H groups in total. The van der Waals surface area contributed by atoms with E-state index in [2.05, 4.69) is 15.5 Å². The van der Waals surface area contributed by atoms with E-state index in [1.807, 2.05) is 32.0 Å². The smallest absolute Gasteiger partial charge is 0.314 e. The summed E-state index contributed by atoms with van der Waals surface area (Å²) >= 11 is 0. The highest BCUT2D eigenvalue weighted by Crippen LogP contribution is 2.24. The Morgan fingerprint density at radius 1 is 1.58 bits per heavy atom. The Bertz CT molecular complexity index is 485. The van der Waals surface area contributed by atoms with Crippen LogP contribution in [0.2, 0.25) is 0 Å². The summed E-state index contributed by atoms with van der Waals surface area (Å²) in [6.07, 6.45) is 2.63. The van der Waals surface area contributed by atoms with Crippen molar-refractivity contribution in [2.75, 3.05) is 12.0 Å². The number of nitrogens with zero attached hydrogens (tertiary/aromatic N) is 2. The molecule has 102 valence electrons. The number of rotatable bonds is 4. The molecular weight excluding hydrogens is 242 g/mol. The number of esters is 1. The molecule has 0 amide bonds. The van der Waals surface area contributed by atoms with Gasteiger partial charge in [0, 0.05) is 5.69 Å². The molecule has 1 aromatic rings. The van der Waals surface area contributed by atoms with Crippen molar-refractivity contribution in [1.29, 1.82) is 0 Å². The molecule has 1 aliphatic carbocycles. The fourth-order valence-corrected chi connectivity index (χ4v) is 2.19. The van der Waals surface area contributed by atoms with Crippen LogP contribution in [0, 0.1) is 12.8 Å². The van der Waals surface area contributed by atoms with E-state index in [4.69, 9.17) is 4.74 Å². The third-order valence-corrected chi connectivity index (χ3v) is 3.10. The van der Waals surface area contributed by atoms with Gasteiger partial charge in [0.15, 0.2) is 0 Å². The SMILES string of the molecule is CCOC(=O)C1CCC/C1=N\Nc1cccc(C)n1. The fraction of sp³-hybridized carbons (Fsp3) is 0.500. The quantitative estimate of drug-likeness (QED) is 0.668. The van der Waals surface area contributed by atoms with E-state index >= 15 is 0 Å². The first-order valence-electron chi connectivity index (χ1n) is 6.63. The highest BCUT2D eigenvalue weighted by atomic mass is 16.5. The summed E-state index contributed by atoms with van der Waals surface area (Å²) in [5.74, 6) is 0.331. The molecule has 1 saturated carbocycles. The molecule has 0 saturated heterocycles. The van der Waals surface area contributed by atoms with Crippen molar-refractivity contribution in [2.24, 2.45) is 11.0 Å². The van der Waals surface area contributed by atoms with Crippen LogP contribution in [0.25, 0.3) is 0 Å². The maximum Gasteiger partial charge on any atom is 0.314 e. The lowest BCUT2D eigenvalue weighted by molar-refractivity contribution is -0.145. The molecule has 5 nitrogen and oxygen atoms in total. The number of pyridine rings is 1. The van der Waals surface area contributed by atoms with E-state index in [0.29, 0.717) is 12.4 Å². The van der Waals surface area contributed by atoms with Crippen molar-refractivity contribution >= 4 is 17.5 Å². The number of aryl methyl sites for hydroxylation is 1. The van der Waals surface area contributed by atoms with Crippen LogP contribution in [0.5, 0.6) is 0 Å². The second-order valence-corrected chi connectivity index (χ2v) is 4.58. The third kappa shape index (κ3) is 3.53. The molecule has 1 atom stereocenters. The zero-order chi connectivity index (χ0) is 13.7.